The van der Waals surface area contributed by atoms with E-state index in [2.05, 4.69) is 12.6 Å². The van der Waals surface area contributed by atoms with E-state index < -0.39 is 0 Å². The summed E-state index contributed by atoms with van der Waals surface area (Å²) in [5, 5.41) is 0. The van der Waals surface area contributed by atoms with Crippen molar-refractivity contribution in [2.45, 2.75) is 18.7 Å². The van der Waals surface area contributed by atoms with E-state index in [0.29, 0.717) is 0 Å². The molecule has 0 aromatic heterocycles. The topological polar surface area (TPSA) is 17.1 Å². The number of Topliss-reactive ketones (excluding diaryl/α,β-unsaturated/α-hetero) is 1. The van der Waals surface area contributed by atoms with Crippen molar-refractivity contribution in [3.05, 3.63) is 29.3 Å². The van der Waals surface area contributed by atoms with Crippen molar-refractivity contribution in [3.8, 4) is 0 Å². The van der Waals surface area contributed by atoms with Gasteiger partial charge in [0.25, 0.3) is 0 Å². The van der Waals surface area contributed by atoms with E-state index in [-0.39, 0.29) is 5.78 Å². The number of rotatable bonds is 1. The van der Waals surface area contributed by atoms with Gasteiger partial charge in [-0.05, 0) is 37.6 Å². The van der Waals surface area contributed by atoms with Crippen LogP contribution in [0.15, 0.2) is 23.1 Å². The first-order chi connectivity index (χ1) is 5.09. The van der Waals surface area contributed by atoms with Crippen LogP contribution >= 0.6 is 12.6 Å². The molecule has 1 nitrogen and oxygen atoms in total. The lowest BCUT2D eigenvalue weighted by Crippen LogP contribution is -1.92. The molecule has 0 atom stereocenters. The zero-order valence-corrected chi connectivity index (χ0v) is 7.48. The Morgan fingerprint density at radius 2 is 2.00 bits per heavy atom. The highest BCUT2D eigenvalue weighted by atomic mass is 32.1. The van der Waals surface area contributed by atoms with Crippen molar-refractivity contribution in [1.82, 2.24) is 0 Å². The number of aryl methyl sites for hydroxylation is 1. The molecule has 0 saturated carbocycles. The second kappa shape index (κ2) is 3.09. The highest BCUT2D eigenvalue weighted by Gasteiger charge is 1.99. The number of thiol groups is 1. The minimum Gasteiger partial charge on any atom is -0.295 e. The smallest absolute Gasteiger partial charge is 0.159 e. The summed E-state index contributed by atoms with van der Waals surface area (Å²) < 4.78 is 0. The van der Waals surface area contributed by atoms with Crippen molar-refractivity contribution in [3.63, 3.8) is 0 Å². The van der Waals surface area contributed by atoms with E-state index in [0.717, 1.165) is 16.0 Å². The summed E-state index contributed by atoms with van der Waals surface area (Å²) in [6.07, 6.45) is 0. The molecule has 0 spiro atoms. The van der Waals surface area contributed by atoms with Gasteiger partial charge in [-0.15, -0.1) is 12.6 Å². The number of carbonyl (C=O) groups excluding carboxylic acids is 1. The molecule has 0 aliphatic heterocycles. The minimum atomic E-state index is 0.0870. The molecule has 0 N–H and O–H groups in total. The first kappa shape index (κ1) is 8.34. The van der Waals surface area contributed by atoms with Gasteiger partial charge >= 0.3 is 0 Å². The molecule has 0 aliphatic carbocycles. The quantitative estimate of drug-likeness (QED) is 0.501. The van der Waals surface area contributed by atoms with E-state index in [1.807, 2.05) is 19.1 Å². The molecule has 11 heavy (non-hydrogen) atoms. The molecule has 0 radical (unpaired) electrons. The molecule has 0 heterocycles. The van der Waals surface area contributed by atoms with Gasteiger partial charge in [0.15, 0.2) is 5.78 Å². The Balaban J connectivity index is 3.19. The van der Waals surface area contributed by atoms with Crippen LogP contribution in [-0.4, -0.2) is 5.78 Å². The number of ketones is 1. The first-order valence-corrected chi connectivity index (χ1v) is 3.86. The van der Waals surface area contributed by atoms with E-state index in [1.54, 1.807) is 13.0 Å². The molecule has 1 aromatic rings. The van der Waals surface area contributed by atoms with Crippen LogP contribution in [0.1, 0.15) is 22.8 Å². The van der Waals surface area contributed by atoms with Crippen molar-refractivity contribution >= 4 is 18.4 Å². The third-order valence-electron chi connectivity index (χ3n) is 1.47. The van der Waals surface area contributed by atoms with Crippen molar-refractivity contribution in [2.75, 3.05) is 0 Å². The first-order valence-electron chi connectivity index (χ1n) is 3.41. The van der Waals surface area contributed by atoms with E-state index >= 15 is 0 Å². The van der Waals surface area contributed by atoms with E-state index in [9.17, 15) is 4.79 Å². The zero-order chi connectivity index (χ0) is 8.43. The van der Waals surface area contributed by atoms with Crippen molar-refractivity contribution in [2.24, 2.45) is 0 Å². The maximum Gasteiger partial charge on any atom is 0.159 e. The lowest BCUT2D eigenvalue weighted by molar-refractivity contribution is 0.101. The minimum absolute atomic E-state index is 0.0870. The molecular formula is C9H10OS. The largest absolute Gasteiger partial charge is 0.295 e. The molecule has 0 amide bonds. The summed E-state index contributed by atoms with van der Waals surface area (Å²) in [4.78, 5) is 11.8. The molecule has 0 unspecified atom stereocenters. The number of hydrogen-bond acceptors (Lipinski definition) is 2. The second-order valence-corrected chi connectivity index (χ2v) is 3.13. The number of hydrogen-bond donors (Lipinski definition) is 1. The lowest BCUT2D eigenvalue weighted by Gasteiger charge is -1.99. The monoisotopic (exact) mass is 166 g/mol. The van der Waals surface area contributed by atoms with Gasteiger partial charge < -0.3 is 0 Å². The van der Waals surface area contributed by atoms with Crippen LogP contribution in [0.5, 0.6) is 0 Å². The van der Waals surface area contributed by atoms with Gasteiger partial charge in [0, 0.05) is 10.5 Å². The van der Waals surface area contributed by atoms with E-state index in [1.165, 1.54) is 0 Å². The molecule has 1 rings (SSSR count). The maximum atomic E-state index is 10.9. The molecule has 0 fully saturated rings. The van der Waals surface area contributed by atoms with Crippen LogP contribution < -0.4 is 0 Å². The lowest BCUT2D eigenvalue weighted by atomic mass is 10.1. The molecule has 0 bridgehead atoms. The van der Waals surface area contributed by atoms with Crippen molar-refractivity contribution < 1.29 is 4.79 Å². The van der Waals surface area contributed by atoms with Gasteiger partial charge in [0.2, 0.25) is 0 Å². The Morgan fingerprint density at radius 1 is 1.36 bits per heavy atom. The standard InChI is InChI=1S/C9H10OS/c1-6-3-8(7(2)10)5-9(11)4-6/h3-5,11H,1-2H3. The number of carbonyl (C=O) groups is 1. The summed E-state index contributed by atoms with van der Waals surface area (Å²) in [6, 6.07) is 5.57. The van der Waals surface area contributed by atoms with Gasteiger partial charge in [-0.2, -0.15) is 0 Å². The summed E-state index contributed by atoms with van der Waals surface area (Å²) in [6.45, 7) is 3.51. The molecule has 1 aromatic carbocycles. The SMILES string of the molecule is CC(=O)c1cc(C)cc(S)c1. The van der Waals surface area contributed by atoms with Gasteiger partial charge in [-0.3, -0.25) is 4.79 Å². The predicted octanol–water partition coefficient (Wildman–Crippen LogP) is 2.49. The van der Waals surface area contributed by atoms with Crippen LogP contribution in [0.25, 0.3) is 0 Å². The van der Waals surface area contributed by atoms with E-state index in [4.69, 9.17) is 0 Å². The molecule has 0 aliphatic rings. The van der Waals surface area contributed by atoms with Gasteiger partial charge in [0.05, 0.1) is 0 Å². The van der Waals surface area contributed by atoms with Crippen LogP contribution in [0.2, 0.25) is 0 Å². The number of benzene rings is 1. The third kappa shape index (κ3) is 2.09. The molecular weight excluding hydrogens is 156 g/mol. The van der Waals surface area contributed by atoms with Crippen molar-refractivity contribution in [1.29, 1.82) is 0 Å². The fourth-order valence-electron chi connectivity index (χ4n) is 0.966. The third-order valence-corrected chi connectivity index (χ3v) is 1.73. The highest BCUT2D eigenvalue weighted by molar-refractivity contribution is 7.80. The normalized spacial score (nSPS) is 9.73. The summed E-state index contributed by atoms with van der Waals surface area (Å²) in [5.74, 6) is 0.0870. The Labute approximate surface area is 71.8 Å². The maximum absolute atomic E-state index is 10.9. The Hall–Kier alpha value is -0.760. The van der Waals surface area contributed by atoms with Crippen LogP contribution in [-0.2, 0) is 0 Å². The average Bonchev–Trinajstić information content (AvgIpc) is 1.85. The average molecular weight is 166 g/mol. The summed E-state index contributed by atoms with van der Waals surface area (Å²) in [5.41, 5.74) is 1.80. The molecule has 2 heteroatoms. The fraction of sp³-hybridized carbons (Fsp3) is 0.222. The summed E-state index contributed by atoms with van der Waals surface area (Å²) in [7, 11) is 0. The van der Waals surface area contributed by atoms with Crippen LogP contribution in [0.3, 0.4) is 0 Å². The highest BCUT2D eigenvalue weighted by Crippen LogP contribution is 2.12. The van der Waals surface area contributed by atoms with Gasteiger partial charge in [-0.25, -0.2) is 0 Å². The Morgan fingerprint density at radius 3 is 2.45 bits per heavy atom. The Bertz CT molecular complexity index is 271. The Kier molecular flexibility index (Phi) is 2.35. The molecule has 58 valence electrons. The van der Waals surface area contributed by atoms with Crippen LogP contribution in [0.4, 0.5) is 0 Å². The zero-order valence-electron chi connectivity index (χ0n) is 6.59. The van der Waals surface area contributed by atoms with Gasteiger partial charge in [0.1, 0.15) is 0 Å². The van der Waals surface area contributed by atoms with Crippen LogP contribution in [0, 0.1) is 6.92 Å². The molecule has 0 saturated heterocycles. The fourth-order valence-corrected chi connectivity index (χ4v) is 1.31. The van der Waals surface area contributed by atoms with Gasteiger partial charge in [-0.1, -0.05) is 0 Å². The second-order valence-electron chi connectivity index (χ2n) is 2.61. The predicted molar refractivity (Wildman–Crippen MR) is 48.4 cm³/mol. The summed E-state index contributed by atoms with van der Waals surface area (Å²) >= 11 is 4.17.